The number of rotatable bonds is 5. The summed E-state index contributed by atoms with van der Waals surface area (Å²) in [6.07, 6.45) is 0. The molecule has 2 aliphatic heterocycles. The van der Waals surface area contributed by atoms with Gasteiger partial charge in [0.1, 0.15) is 12.4 Å². The summed E-state index contributed by atoms with van der Waals surface area (Å²) in [5.74, 6) is -0.447. The van der Waals surface area contributed by atoms with E-state index in [2.05, 4.69) is 5.32 Å². The third-order valence-corrected chi connectivity index (χ3v) is 7.28. The number of likely N-dealkylation sites (N-methyl/N-ethyl adjacent to an activating group) is 1. The second-order valence-corrected chi connectivity index (χ2v) is 9.43. The van der Waals surface area contributed by atoms with Gasteiger partial charge in [0.15, 0.2) is 5.54 Å². The highest BCUT2D eigenvalue weighted by atomic mass is 35.5. The summed E-state index contributed by atoms with van der Waals surface area (Å²) in [5.41, 5.74) is 1.47. The summed E-state index contributed by atoms with van der Waals surface area (Å²) >= 11 is 12.4. The van der Waals surface area contributed by atoms with Gasteiger partial charge in [0.2, 0.25) is 0 Å². The molecule has 3 atom stereocenters. The average molecular weight is 498 g/mol. The number of hydrogen-bond acceptors (Lipinski definition) is 5. The van der Waals surface area contributed by atoms with E-state index in [1.54, 1.807) is 66.5 Å². The number of ether oxygens (including phenoxy) is 1. The van der Waals surface area contributed by atoms with Gasteiger partial charge in [-0.2, -0.15) is 0 Å². The molecule has 7 nitrogen and oxygen atoms in total. The van der Waals surface area contributed by atoms with Gasteiger partial charge in [-0.05, 0) is 48.5 Å². The van der Waals surface area contributed by atoms with Crippen molar-refractivity contribution in [2.45, 2.75) is 24.1 Å². The van der Waals surface area contributed by atoms with Crippen LogP contribution in [-0.2, 0) is 16.9 Å². The molecule has 0 saturated carbocycles. The molecule has 0 unspecified atom stereocenters. The topological polar surface area (TPSA) is 84.7 Å². The molecule has 34 heavy (non-hydrogen) atoms. The second kappa shape index (κ2) is 8.58. The van der Waals surface area contributed by atoms with E-state index in [1.807, 2.05) is 12.1 Å². The van der Waals surface area contributed by atoms with Gasteiger partial charge >= 0.3 is 0 Å². The third-order valence-electron chi connectivity index (χ3n) is 6.73. The Morgan fingerprint density at radius 1 is 1.15 bits per heavy atom. The van der Waals surface area contributed by atoms with Crippen LogP contribution >= 0.6 is 23.2 Å². The molecule has 0 aromatic heterocycles. The molecule has 174 valence electrons. The summed E-state index contributed by atoms with van der Waals surface area (Å²) in [7, 11) is 1.75. The minimum absolute atomic E-state index is 0.306. The van der Waals surface area contributed by atoms with Crippen LogP contribution in [0.1, 0.15) is 22.6 Å². The van der Waals surface area contributed by atoms with E-state index in [4.69, 9.17) is 27.9 Å². The number of nitrogens with one attached hydrogen (secondary N) is 1. The molecular weight excluding hydrogens is 477 g/mol. The Labute approximate surface area is 206 Å². The summed E-state index contributed by atoms with van der Waals surface area (Å²) in [4.78, 5) is 27.1. The van der Waals surface area contributed by atoms with Crippen LogP contribution in [0.25, 0.3) is 0 Å². The normalized spacial score (nSPS) is 23.7. The first-order valence-electron chi connectivity index (χ1n) is 10.7. The van der Waals surface area contributed by atoms with Crippen LogP contribution < -0.4 is 10.1 Å². The number of amides is 1. The van der Waals surface area contributed by atoms with Crippen LogP contribution in [0.4, 0.5) is 5.69 Å². The predicted molar refractivity (Wildman–Crippen MR) is 130 cm³/mol. The summed E-state index contributed by atoms with van der Waals surface area (Å²) < 4.78 is 5.85. The van der Waals surface area contributed by atoms with Crippen molar-refractivity contribution >= 4 is 34.8 Å². The van der Waals surface area contributed by atoms with Crippen molar-refractivity contribution in [3.8, 4) is 5.75 Å². The fourth-order valence-corrected chi connectivity index (χ4v) is 5.56. The van der Waals surface area contributed by atoms with Gasteiger partial charge in [0.25, 0.3) is 11.9 Å². The van der Waals surface area contributed by atoms with E-state index in [-0.39, 0.29) is 10.8 Å². The van der Waals surface area contributed by atoms with Crippen LogP contribution in [0, 0.1) is 10.1 Å². The summed E-state index contributed by atoms with van der Waals surface area (Å²) in [6.45, 7) is 0.634. The average Bonchev–Trinajstić information content (AvgIpc) is 3.29. The zero-order valence-corrected chi connectivity index (χ0v) is 19.7. The third kappa shape index (κ3) is 3.52. The van der Waals surface area contributed by atoms with E-state index in [1.165, 1.54) is 0 Å². The van der Waals surface area contributed by atoms with Crippen molar-refractivity contribution in [3.63, 3.8) is 0 Å². The van der Waals surface area contributed by atoms with Crippen LogP contribution in [-0.4, -0.2) is 35.4 Å². The predicted octanol–water partition coefficient (Wildman–Crippen LogP) is 5.09. The van der Waals surface area contributed by atoms with E-state index in [9.17, 15) is 14.9 Å². The van der Waals surface area contributed by atoms with Gasteiger partial charge in [-0.1, -0.05) is 59.6 Å². The minimum atomic E-state index is -1.39. The standard InChI is InChI=1S/C25H21Cl2N3O4/c1-29-13-18(23(30(32)33)25(29)19-4-2-3-5-21(19)28-24(25)31)16-8-11-22(20(27)12-16)34-14-15-6-9-17(26)10-7-15/h2-12,18,23H,13-14H2,1H3,(H,28,31)/t18-,23+,25-/m1/s1. The van der Waals surface area contributed by atoms with Crippen molar-refractivity contribution in [3.05, 3.63) is 104 Å². The van der Waals surface area contributed by atoms with E-state index < -0.39 is 17.5 Å². The van der Waals surface area contributed by atoms with Gasteiger partial charge in [0, 0.05) is 27.7 Å². The summed E-state index contributed by atoms with van der Waals surface area (Å²) in [5, 5.41) is 16.2. The molecule has 3 aromatic carbocycles. The molecule has 1 fully saturated rings. The Balaban J connectivity index is 1.46. The van der Waals surface area contributed by atoms with Crippen molar-refractivity contribution in [1.82, 2.24) is 4.90 Å². The molecular formula is C25H21Cl2N3O4. The second-order valence-electron chi connectivity index (χ2n) is 8.59. The number of carbonyl (C=O) groups excluding carboxylic acids is 1. The first kappa shape index (κ1) is 22.7. The number of hydrogen-bond donors (Lipinski definition) is 1. The van der Waals surface area contributed by atoms with Crippen molar-refractivity contribution in [2.24, 2.45) is 0 Å². The maximum atomic E-state index is 13.2. The maximum absolute atomic E-state index is 13.2. The number of likely N-dealkylation sites (tertiary alicyclic amines) is 1. The molecule has 2 aliphatic rings. The molecule has 1 spiro atoms. The highest BCUT2D eigenvalue weighted by molar-refractivity contribution is 6.32. The lowest BCUT2D eigenvalue weighted by atomic mass is 9.79. The highest BCUT2D eigenvalue weighted by Crippen LogP contribution is 2.52. The van der Waals surface area contributed by atoms with Crippen LogP contribution in [0.5, 0.6) is 5.75 Å². The van der Waals surface area contributed by atoms with Gasteiger partial charge in [-0.15, -0.1) is 0 Å². The van der Waals surface area contributed by atoms with Crippen LogP contribution in [0.2, 0.25) is 10.0 Å². The molecule has 3 aromatic rings. The molecule has 5 rings (SSSR count). The quantitative estimate of drug-likeness (QED) is 0.391. The largest absolute Gasteiger partial charge is 0.487 e. The van der Waals surface area contributed by atoms with Crippen molar-refractivity contribution in [2.75, 3.05) is 18.9 Å². The van der Waals surface area contributed by atoms with Gasteiger partial charge in [-0.3, -0.25) is 19.8 Å². The number of halogens is 2. The Morgan fingerprint density at radius 2 is 1.88 bits per heavy atom. The summed E-state index contributed by atoms with van der Waals surface area (Å²) in [6, 6.07) is 18.5. The Morgan fingerprint density at radius 3 is 2.59 bits per heavy atom. The Kier molecular flexibility index (Phi) is 5.72. The van der Waals surface area contributed by atoms with Crippen molar-refractivity contribution in [1.29, 1.82) is 0 Å². The number of para-hydroxylation sites is 1. The van der Waals surface area contributed by atoms with E-state index >= 15 is 0 Å². The zero-order chi connectivity index (χ0) is 24.0. The van der Waals surface area contributed by atoms with Gasteiger partial charge in [-0.25, -0.2) is 0 Å². The highest BCUT2D eigenvalue weighted by Gasteiger charge is 2.68. The van der Waals surface area contributed by atoms with Crippen LogP contribution in [0.15, 0.2) is 66.7 Å². The zero-order valence-electron chi connectivity index (χ0n) is 18.2. The lowest BCUT2D eigenvalue weighted by Gasteiger charge is -2.30. The monoisotopic (exact) mass is 497 g/mol. The molecule has 1 saturated heterocycles. The SMILES string of the molecule is CN1C[C@H](c2ccc(OCc3ccc(Cl)cc3)c(Cl)c2)[C@H]([N+](=O)[O-])[C@]12C(=O)Nc1ccccc12. The fourth-order valence-electron chi connectivity index (χ4n) is 5.19. The first-order chi connectivity index (χ1) is 16.3. The Bertz CT molecular complexity index is 1280. The smallest absolute Gasteiger partial charge is 0.256 e. The Hall–Kier alpha value is -3.13. The number of anilines is 1. The number of fused-ring (bicyclic) bond motifs is 2. The fraction of sp³-hybridized carbons (Fsp3) is 0.240. The number of nitrogens with zero attached hydrogens (tertiary/aromatic N) is 2. The number of benzene rings is 3. The molecule has 0 bridgehead atoms. The molecule has 1 N–H and O–H groups in total. The lowest BCUT2D eigenvalue weighted by Crippen LogP contribution is -2.54. The van der Waals surface area contributed by atoms with Gasteiger partial charge in [0.05, 0.1) is 10.9 Å². The number of carbonyl (C=O) groups is 1. The number of nitro groups is 1. The van der Waals surface area contributed by atoms with Gasteiger partial charge < -0.3 is 10.1 Å². The van der Waals surface area contributed by atoms with E-state index in [0.717, 1.165) is 5.56 Å². The first-order valence-corrected chi connectivity index (χ1v) is 11.5. The molecule has 9 heteroatoms. The molecule has 0 radical (unpaired) electrons. The van der Waals surface area contributed by atoms with Crippen LogP contribution in [0.3, 0.4) is 0 Å². The van der Waals surface area contributed by atoms with E-state index in [0.29, 0.717) is 45.8 Å². The minimum Gasteiger partial charge on any atom is -0.487 e. The van der Waals surface area contributed by atoms with Crippen molar-refractivity contribution < 1.29 is 14.5 Å². The maximum Gasteiger partial charge on any atom is 0.256 e. The molecule has 2 heterocycles. The molecule has 1 amide bonds. The molecule has 0 aliphatic carbocycles. The lowest BCUT2D eigenvalue weighted by molar-refractivity contribution is -0.534.